The summed E-state index contributed by atoms with van der Waals surface area (Å²) in [5.74, 6) is -0.0810. The van der Waals surface area contributed by atoms with E-state index < -0.39 is 17.7 Å². The molecular weight excluding hydrogens is 466 g/mol. The summed E-state index contributed by atoms with van der Waals surface area (Å²) in [4.78, 5) is 27.9. The number of ether oxygens (including phenoxy) is 2. The number of amides is 1. The van der Waals surface area contributed by atoms with Crippen molar-refractivity contribution in [1.82, 2.24) is 0 Å². The van der Waals surface area contributed by atoms with Crippen LogP contribution in [0.4, 0.5) is 5.69 Å². The summed E-state index contributed by atoms with van der Waals surface area (Å²) in [5, 5.41) is 11.6. The molecular formula is C28H26ClNO5. The number of benzene rings is 3. The third kappa shape index (κ3) is 5.03. The third-order valence-electron chi connectivity index (χ3n) is 5.69. The molecule has 1 amide bonds. The minimum Gasteiger partial charge on any atom is -0.507 e. The molecule has 1 N–H and O–H groups in total. The van der Waals surface area contributed by atoms with Crippen molar-refractivity contribution < 1.29 is 24.2 Å². The van der Waals surface area contributed by atoms with Gasteiger partial charge in [-0.05, 0) is 72.1 Å². The van der Waals surface area contributed by atoms with Crippen molar-refractivity contribution in [2.75, 3.05) is 18.6 Å². The van der Waals surface area contributed by atoms with Crippen LogP contribution in [-0.2, 0) is 9.59 Å². The van der Waals surface area contributed by atoms with Gasteiger partial charge in [-0.3, -0.25) is 14.5 Å². The van der Waals surface area contributed by atoms with E-state index in [0.29, 0.717) is 45.9 Å². The summed E-state index contributed by atoms with van der Waals surface area (Å²) in [7, 11) is 1.56. The molecule has 0 spiro atoms. The normalized spacial score (nSPS) is 17.2. The number of Topliss-reactive ketones (excluding diaryl/α,β-unsaturated/α-hetero) is 1. The Bertz CT molecular complexity index is 1250. The van der Waals surface area contributed by atoms with Crippen molar-refractivity contribution >= 4 is 34.7 Å². The third-order valence-corrected chi connectivity index (χ3v) is 5.94. The molecule has 6 nitrogen and oxygen atoms in total. The number of nitrogens with zero attached hydrogens (tertiary/aromatic N) is 1. The molecule has 1 fully saturated rings. The van der Waals surface area contributed by atoms with E-state index >= 15 is 0 Å². The number of carbonyl (C=O) groups excluding carboxylic acids is 2. The first kappa shape index (κ1) is 24.4. The van der Waals surface area contributed by atoms with Gasteiger partial charge in [0.15, 0.2) is 0 Å². The smallest absolute Gasteiger partial charge is 0.300 e. The summed E-state index contributed by atoms with van der Waals surface area (Å²) >= 11 is 5.99. The molecule has 0 aromatic heterocycles. The molecule has 180 valence electrons. The zero-order chi connectivity index (χ0) is 25.1. The Kier molecular flexibility index (Phi) is 7.12. The maximum absolute atomic E-state index is 13.3. The molecule has 1 atom stereocenters. The van der Waals surface area contributed by atoms with Gasteiger partial charge in [-0.1, -0.05) is 37.6 Å². The highest BCUT2D eigenvalue weighted by Crippen LogP contribution is 2.42. The van der Waals surface area contributed by atoms with Crippen LogP contribution in [0.2, 0.25) is 5.02 Å². The topological polar surface area (TPSA) is 76.1 Å². The number of halogens is 1. The predicted molar refractivity (Wildman–Crippen MR) is 136 cm³/mol. The van der Waals surface area contributed by atoms with Crippen molar-refractivity contribution in [3.8, 4) is 11.5 Å². The predicted octanol–water partition coefficient (Wildman–Crippen LogP) is 6.01. The van der Waals surface area contributed by atoms with Crippen LogP contribution in [0.3, 0.4) is 0 Å². The minimum atomic E-state index is -0.834. The Hall–Kier alpha value is -3.77. The summed E-state index contributed by atoms with van der Waals surface area (Å²) in [6.45, 7) is 4.68. The van der Waals surface area contributed by atoms with E-state index in [1.165, 1.54) is 4.90 Å². The maximum atomic E-state index is 13.3. The van der Waals surface area contributed by atoms with Crippen LogP contribution in [0.15, 0.2) is 78.4 Å². The number of hydrogen-bond donors (Lipinski definition) is 1. The first-order valence-electron chi connectivity index (χ1n) is 11.2. The zero-order valence-corrected chi connectivity index (χ0v) is 20.5. The van der Waals surface area contributed by atoms with Gasteiger partial charge >= 0.3 is 0 Å². The molecule has 35 heavy (non-hydrogen) atoms. The minimum absolute atomic E-state index is 0.00243. The standard InChI is InChI=1S/C28H26ClNO5/c1-17(2)16-35-23-14-10-21(11-15-23)30-25(18-6-12-22(34-3)13-7-18)24(27(32)28(30)33)26(31)19-4-8-20(29)9-5-19/h4-15,17,25,31H,16H2,1-3H3/b26-24+. The summed E-state index contributed by atoms with van der Waals surface area (Å²) < 4.78 is 11.0. The molecule has 7 heteroatoms. The van der Waals surface area contributed by atoms with Gasteiger partial charge in [0.1, 0.15) is 17.3 Å². The van der Waals surface area contributed by atoms with E-state index in [-0.39, 0.29) is 11.3 Å². The highest BCUT2D eigenvalue weighted by molar-refractivity contribution is 6.51. The Morgan fingerprint density at radius 1 is 0.943 bits per heavy atom. The number of carbonyl (C=O) groups is 2. The fraction of sp³-hybridized carbons (Fsp3) is 0.214. The highest BCUT2D eigenvalue weighted by atomic mass is 35.5. The van der Waals surface area contributed by atoms with Gasteiger partial charge < -0.3 is 14.6 Å². The number of hydrogen-bond acceptors (Lipinski definition) is 5. The fourth-order valence-electron chi connectivity index (χ4n) is 3.93. The Balaban J connectivity index is 1.81. The van der Waals surface area contributed by atoms with E-state index in [9.17, 15) is 14.7 Å². The van der Waals surface area contributed by atoms with E-state index in [0.717, 1.165) is 0 Å². The molecule has 1 heterocycles. The highest BCUT2D eigenvalue weighted by Gasteiger charge is 2.47. The van der Waals surface area contributed by atoms with Crippen molar-refractivity contribution in [3.05, 3.63) is 94.5 Å². The largest absolute Gasteiger partial charge is 0.507 e. The monoisotopic (exact) mass is 491 g/mol. The second-order valence-corrected chi connectivity index (χ2v) is 9.08. The fourth-order valence-corrected chi connectivity index (χ4v) is 4.06. The molecule has 4 rings (SSSR count). The van der Waals surface area contributed by atoms with Crippen molar-refractivity contribution in [2.24, 2.45) is 5.92 Å². The second kappa shape index (κ2) is 10.2. The number of methoxy groups -OCH3 is 1. The van der Waals surface area contributed by atoms with Gasteiger partial charge in [-0.2, -0.15) is 0 Å². The van der Waals surface area contributed by atoms with Crippen molar-refractivity contribution in [2.45, 2.75) is 19.9 Å². The van der Waals surface area contributed by atoms with Crippen LogP contribution in [-0.4, -0.2) is 30.5 Å². The van der Waals surface area contributed by atoms with Crippen LogP contribution in [0.5, 0.6) is 11.5 Å². The number of aliphatic hydroxyl groups is 1. The first-order valence-corrected chi connectivity index (χ1v) is 11.6. The second-order valence-electron chi connectivity index (χ2n) is 8.65. The van der Waals surface area contributed by atoms with Crippen molar-refractivity contribution in [1.29, 1.82) is 0 Å². The lowest BCUT2D eigenvalue weighted by molar-refractivity contribution is -0.132. The Morgan fingerprint density at radius 2 is 1.54 bits per heavy atom. The van der Waals surface area contributed by atoms with Crippen LogP contribution in [0, 0.1) is 5.92 Å². The molecule has 0 bridgehead atoms. The Labute approximate surface area is 209 Å². The van der Waals surface area contributed by atoms with E-state index in [1.807, 2.05) is 0 Å². The maximum Gasteiger partial charge on any atom is 0.300 e. The van der Waals surface area contributed by atoms with Gasteiger partial charge in [0.2, 0.25) is 0 Å². The zero-order valence-electron chi connectivity index (χ0n) is 19.7. The van der Waals surface area contributed by atoms with Gasteiger partial charge in [0.05, 0.1) is 25.3 Å². The molecule has 1 unspecified atom stereocenters. The van der Waals surface area contributed by atoms with Crippen LogP contribution in [0.1, 0.15) is 31.0 Å². The number of rotatable bonds is 7. The number of anilines is 1. The van der Waals surface area contributed by atoms with Gasteiger partial charge in [0.25, 0.3) is 11.7 Å². The molecule has 0 saturated carbocycles. The molecule has 1 aliphatic heterocycles. The molecule has 0 aliphatic carbocycles. The Morgan fingerprint density at radius 3 is 2.11 bits per heavy atom. The average Bonchev–Trinajstić information content (AvgIpc) is 3.13. The van der Waals surface area contributed by atoms with Crippen molar-refractivity contribution in [3.63, 3.8) is 0 Å². The molecule has 1 aliphatic rings. The van der Waals surface area contributed by atoms with E-state index in [4.69, 9.17) is 21.1 Å². The van der Waals surface area contributed by atoms with Crippen LogP contribution >= 0.6 is 11.6 Å². The average molecular weight is 492 g/mol. The quantitative estimate of drug-likeness (QED) is 0.249. The lowest BCUT2D eigenvalue weighted by atomic mass is 9.95. The van der Waals surface area contributed by atoms with E-state index in [2.05, 4.69) is 13.8 Å². The molecule has 3 aromatic carbocycles. The lowest BCUT2D eigenvalue weighted by Gasteiger charge is -2.26. The molecule has 1 saturated heterocycles. The van der Waals surface area contributed by atoms with Crippen LogP contribution in [0.25, 0.3) is 5.76 Å². The lowest BCUT2D eigenvalue weighted by Crippen LogP contribution is -2.29. The van der Waals surface area contributed by atoms with Gasteiger partial charge in [-0.25, -0.2) is 0 Å². The molecule has 3 aromatic rings. The van der Waals surface area contributed by atoms with Gasteiger partial charge in [0, 0.05) is 16.3 Å². The SMILES string of the molecule is COc1ccc(C2/C(=C(\O)c3ccc(Cl)cc3)C(=O)C(=O)N2c2ccc(OCC(C)C)cc2)cc1. The number of ketones is 1. The van der Waals surface area contributed by atoms with Gasteiger partial charge in [-0.15, -0.1) is 0 Å². The summed E-state index contributed by atoms with van der Waals surface area (Å²) in [6, 6.07) is 19.7. The first-order chi connectivity index (χ1) is 16.8. The summed E-state index contributed by atoms with van der Waals surface area (Å²) in [6.07, 6.45) is 0. The van der Waals surface area contributed by atoms with E-state index in [1.54, 1.807) is 79.9 Å². The summed E-state index contributed by atoms with van der Waals surface area (Å²) in [5.41, 5.74) is 1.56. The number of aliphatic hydroxyl groups excluding tert-OH is 1. The molecule has 0 radical (unpaired) electrons. The van der Waals surface area contributed by atoms with Crippen LogP contribution < -0.4 is 14.4 Å².